The molecule has 0 aliphatic rings. The molecule has 0 N–H and O–H groups in total. The molecule has 2 aromatic heterocycles. The summed E-state index contributed by atoms with van der Waals surface area (Å²) in [6.45, 7) is 8.62. The van der Waals surface area contributed by atoms with E-state index in [1.165, 1.54) is 16.8 Å². The van der Waals surface area contributed by atoms with Crippen LogP contribution >= 0.6 is 0 Å². The van der Waals surface area contributed by atoms with Crippen LogP contribution in [0, 0.1) is 13.8 Å². The fourth-order valence-corrected chi connectivity index (χ4v) is 1.88. The fraction of sp³-hybridized carbons (Fsp3) is 0.417. The Morgan fingerprint density at radius 3 is 2.64 bits per heavy atom. The molecule has 0 bridgehead atoms. The zero-order valence-electron chi connectivity index (χ0n) is 9.20. The summed E-state index contributed by atoms with van der Waals surface area (Å²) in [7, 11) is 0. The molecule has 0 radical (unpaired) electrons. The highest BCUT2D eigenvalue weighted by Gasteiger charge is 2.08. The normalized spacial score (nSPS) is 11.5. The highest BCUT2D eigenvalue weighted by molar-refractivity contribution is 5.50. The number of fused-ring (bicyclic) bond motifs is 1. The zero-order valence-corrected chi connectivity index (χ0v) is 9.20. The van der Waals surface area contributed by atoms with Crippen LogP contribution in [0.4, 0.5) is 0 Å². The molecule has 74 valence electrons. The van der Waals surface area contributed by atoms with E-state index in [4.69, 9.17) is 0 Å². The van der Waals surface area contributed by atoms with Crippen LogP contribution < -0.4 is 0 Å². The molecule has 0 amide bonds. The first-order valence-electron chi connectivity index (χ1n) is 5.04. The Bertz CT molecular complexity index is 466. The van der Waals surface area contributed by atoms with Gasteiger partial charge in [0.25, 0.3) is 0 Å². The van der Waals surface area contributed by atoms with Crippen molar-refractivity contribution in [2.24, 2.45) is 0 Å². The maximum Gasteiger partial charge on any atom is 0.139 e. The van der Waals surface area contributed by atoms with Crippen LogP contribution in [-0.4, -0.2) is 9.38 Å². The molecule has 0 aliphatic carbocycles. The van der Waals surface area contributed by atoms with Gasteiger partial charge in [-0.25, -0.2) is 4.98 Å². The Balaban J connectivity index is 2.78. The van der Waals surface area contributed by atoms with Crippen molar-refractivity contribution in [1.29, 1.82) is 0 Å². The Labute approximate surface area is 84.6 Å². The summed E-state index contributed by atoms with van der Waals surface area (Å²) in [6.07, 6.45) is 4.14. The van der Waals surface area contributed by atoms with Crippen molar-refractivity contribution >= 4 is 5.65 Å². The summed E-state index contributed by atoms with van der Waals surface area (Å²) >= 11 is 0. The molecule has 2 heterocycles. The van der Waals surface area contributed by atoms with Gasteiger partial charge in [-0.05, 0) is 30.9 Å². The number of aryl methyl sites for hydroxylation is 2. The topological polar surface area (TPSA) is 17.3 Å². The first-order chi connectivity index (χ1) is 6.59. The number of nitrogens with zero attached hydrogens (tertiary/aromatic N) is 2. The van der Waals surface area contributed by atoms with E-state index < -0.39 is 0 Å². The van der Waals surface area contributed by atoms with Gasteiger partial charge in [-0.2, -0.15) is 0 Å². The van der Waals surface area contributed by atoms with Gasteiger partial charge in [0.15, 0.2) is 0 Å². The fourth-order valence-electron chi connectivity index (χ4n) is 1.88. The summed E-state index contributed by atoms with van der Waals surface area (Å²) in [5.41, 5.74) is 4.90. The molecule has 14 heavy (non-hydrogen) atoms. The van der Waals surface area contributed by atoms with Gasteiger partial charge in [-0.1, -0.05) is 19.9 Å². The van der Waals surface area contributed by atoms with Crippen LogP contribution in [0.15, 0.2) is 18.5 Å². The summed E-state index contributed by atoms with van der Waals surface area (Å²) < 4.78 is 2.20. The molecule has 0 aliphatic heterocycles. The van der Waals surface area contributed by atoms with Gasteiger partial charge in [0.05, 0.1) is 0 Å². The first kappa shape index (κ1) is 9.25. The highest BCUT2D eigenvalue weighted by atomic mass is 15.0. The summed E-state index contributed by atoms with van der Waals surface area (Å²) in [5.74, 6) is 0.520. The lowest BCUT2D eigenvalue weighted by atomic mass is 10.1. The Morgan fingerprint density at radius 2 is 2.00 bits per heavy atom. The minimum absolute atomic E-state index is 0.520. The Kier molecular flexibility index (Phi) is 2.06. The molecular weight excluding hydrogens is 172 g/mol. The van der Waals surface area contributed by atoms with Gasteiger partial charge in [-0.15, -0.1) is 0 Å². The molecule has 0 aromatic carbocycles. The number of imidazole rings is 1. The van der Waals surface area contributed by atoms with E-state index in [0.29, 0.717) is 5.92 Å². The molecule has 0 saturated carbocycles. The SMILES string of the molecule is Cc1cc(C)c2ncc(C(C)C)n2c1. The molecule has 0 spiro atoms. The van der Waals surface area contributed by atoms with Crippen molar-refractivity contribution < 1.29 is 0 Å². The lowest BCUT2D eigenvalue weighted by Crippen LogP contribution is -1.96. The van der Waals surface area contributed by atoms with Crippen LogP contribution in [0.1, 0.15) is 36.6 Å². The second-order valence-corrected chi connectivity index (χ2v) is 4.23. The zero-order chi connectivity index (χ0) is 10.3. The van der Waals surface area contributed by atoms with Crippen molar-refractivity contribution in [3.63, 3.8) is 0 Å². The van der Waals surface area contributed by atoms with Crippen LogP contribution in [0.25, 0.3) is 5.65 Å². The van der Waals surface area contributed by atoms with Gasteiger partial charge in [0, 0.05) is 18.1 Å². The third-order valence-electron chi connectivity index (χ3n) is 2.55. The summed E-state index contributed by atoms with van der Waals surface area (Å²) in [6, 6.07) is 2.17. The van der Waals surface area contributed by atoms with Crippen molar-refractivity contribution in [2.45, 2.75) is 33.6 Å². The second-order valence-electron chi connectivity index (χ2n) is 4.23. The van der Waals surface area contributed by atoms with Gasteiger partial charge >= 0.3 is 0 Å². The minimum atomic E-state index is 0.520. The van der Waals surface area contributed by atoms with E-state index in [-0.39, 0.29) is 0 Å². The third-order valence-corrected chi connectivity index (χ3v) is 2.55. The van der Waals surface area contributed by atoms with Gasteiger partial charge in [-0.3, -0.25) is 0 Å². The van der Waals surface area contributed by atoms with Crippen molar-refractivity contribution in [3.05, 3.63) is 35.3 Å². The lowest BCUT2D eigenvalue weighted by molar-refractivity contribution is 0.806. The smallest absolute Gasteiger partial charge is 0.139 e. The predicted molar refractivity (Wildman–Crippen MR) is 58.8 cm³/mol. The lowest BCUT2D eigenvalue weighted by Gasteiger charge is -2.06. The summed E-state index contributed by atoms with van der Waals surface area (Å²) in [4.78, 5) is 4.44. The molecule has 2 aromatic rings. The number of pyridine rings is 1. The number of hydrogen-bond acceptors (Lipinski definition) is 1. The molecular formula is C12H16N2. The Hall–Kier alpha value is -1.31. The molecule has 0 unspecified atom stereocenters. The average molecular weight is 188 g/mol. The quantitative estimate of drug-likeness (QED) is 0.672. The minimum Gasteiger partial charge on any atom is -0.303 e. The first-order valence-corrected chi connectivity index (χ1v) is 5.04. The second kappa shape index (κ2) is 3.12. The average Bonchev–Trinajstić information content (AvgIpc) is 2.47. The van der Waals surface area contributed by atoms with Crippen LogP contribution in [0.3, 0.4) is 0 Å². The Morgan fingerprint density at radius 1 is 1.29 bits per heavy atom. The van der Waals surface area contributed by atoms with Gasteiger partial charge in [0.1, 0.15) is 5.65 Å². The van der Waals surface area contributed by atoms with Crippen LogP contribution in [0.5, 0.6) is 0 Å². The predicted octanol–water partition coefficient (Wildman–Crippen LogP) is 3.07. The molecule has 2 nitrogen and oxygen atoms in total. The van der Waals surface area contributed by atoms with E-state index in [0.717, 1.165) is 5.65 Å². The highest BCUT2D eigenvalue weighted by Crippen LogP contribution is 2.19. The molecule has 2 rings (SSSR count). The maximum atomic E-state index is 4.44. The van der Waals surface area contributed by atoms with E-state index in [1.54, 1.807) is 0 Å². The van der Waals surface area contributed by atoms with E-state index in [2.05, 4.69) is 49.3 Å². The van der Waals surface area contributed by atoms with E-state index in [9.17, 15) is 0 Å². The standard InChI is InChI=1S/C12H16N2/c1-8(2)11-6-13-12-10(4)5-9(3)7-14(11)12/h5-8H,1-4H3. The van der Waals surface area contributed by atoms with Crippen molar-refractivity contribution in [3.8, 4) is 0 Å². The number of hydrogen-bond donors (Lipinski definition) is 0. The van der Waals surface area contributed by atoms with Gasteiger partial charge in [0.2, 0.25) is 0 Å². The molecule has 0 fully saturated rings. The third kappa shape index (κ3) is 1.31. The van der Waals surface area contributed by atoms with Crippen LogP contribution in [0.2, 0.25) is 0 Å². The number of aromatic nitrogens is 2. The molecule has 0 saturated heterocycles. The monoisotopic (exact) mass is 188 g/mol. The maximum absolute atomic E-state index is 4.44. The molecule has 0 atom stereocenters. The molecule has 2 heteroatoms. The van der Waals surface area contributed by atoms with Crippen LogP contribution in [-0.2, 0) is 0 Å². The number of rotatable bonds is 1. The summed E-state index contributed by atoms with van der Waals surface area (Å²) in [5, 5.41) is 0. The van der Waals surface area contributed by atoms with Gasteiger partial charge < -0.3 is 4.40 Å². The van der Waals surface area contributed by atoms with Crippen molar-refractivity contribution in [1.82, 2.24) is 9.38 Å². The van der Waals surface area contributed by atoms with Crippen molar-refractivity contribution in [2.75, 3.05) is 0 Å². The largest absolute Gasteiger partial charge is 0.303 e. The van der Waals surface area contributed by atoms with E-state index in [1.807, 2.05) is 6.20 Å². The van der Waals surface area contributed by atoms with E-state index >= 15 is 0 Å².